The topological polar surface area (TPSA) is 109 Å². The highest BCUT2D eigenvalue weighted by Crippen LogP contribution is 2.29. The van der Waals surface area contributed by atoms with Crippen LogP contribution in [0.3, 0.4) is 0 Å². The summed E-state index contributed by atoms with van der Waals surface area (Å²) in [7, 11) is 0. The zero-order chi connectivity index (χ0) is 21.8. The number of fused-ring (bicyclic) bond motifs is 1. The fraction of sp³-hybridized carbons (Fsp3) is 0.261. The quantitative estimate of drug-likeness (QED) is 0.600. The number of carboxylic acids is 1. The normalized spacial score (nSPS) is 13.1. The molecule has 0 aliphatic heterocycles. The first kappa shape index (κ1) is 21.1. The van der Waals surface area contributed by atoms with E-state index in [1.54, 1.807) is 26.0 Å². The summed E-state index contributed by atoms with van der Waals surface area (Å²) in [6, 6.07) is 14.7. The van der Waals surface area contributed by atoms with Crippen molar-refractivity contribution in [1.82, 2.24) is 5.32 Å². The Morgan fingerprint density at radius 3 is 2.37 bits per heavy atom. The molecule has 0 saturated carbocycles. The molecule has 30 heavy (non-hydrogen) atoms. The Hall–Kier alpha value is -3.61. The largest absolute Gasteiger partial charge is 0.548 e. The monoisotopic (exact) mass is 408 g/mol. The fourth-order valence-electron chi connectivity index (χ4n) is 3.10. The van der Waals surface area contributed by atoms with Crippen LogP contribution >= 0.6 is 0 Å². The molecular weight excluding hydrogens is 386 g/mol. The van der Waals surface area contributed by atoms with E-state index < -0.39 is 29.6 Å². The number of carbonyl (C=O) groups is 2. The first-order chi connectivity index (χ1) is 14.3. The second-order valence-electron chi connectivity index (χ2n) is 7.31. The Kier molecular flexibility index (Phi) is 6.20. The van der Waals surface area contributed by atoms with Crippen molar-refractivity contribution < 1.29 is 23.8 Å². The molecule has 156 valence electrons. The summed E-state index contributed by atoms with van der Waals surface area (Å²) in [5.74, 6) is -1.96. The van der Waals surface area contributed by atoms with Crippen LogP contribution in [0.1, 0.15) is 20.8 Å². The Balaban J connectivity index is 1.85. The lowest BCUT2D eigenvalue weighted by atomic mass is 10.0. The number of ether oxygens (including phenoxy) is 1. The number of carbonyl (C=O) groups excluding carboxylic acids is 2. The van der Waals surface area contributed by atoms with E-state index in [9.17, 15) is 19.5 Å². The standard InChI is InChI=1S/C23H23NO6/c1-13(2)21(23(27)28)24-22(26)14(3)29-16-9-10-17-18(15-7-5-4-6-8-15)12-20(25)30-19(17)11-16/h4-14,21H,1-3H3,(H,24,26)(H,27,28)/p-1/t14-,21-/m0/s1. The number of hydrogen-bond acceptors (Lipinski definition) is 6. The number of carboxylic acid groups (broad SMARTS) is 1. The van der Waals surface area contributed by atoms with Gasteiger partial charge in [0.15, 0.2) is 6.10 Å². The van der Waals surface area contributed by atoms with Gasteiger partial charge in [-0.1, -0.05) is 44.2 Å². The Bertz CT molecular complexity index is 1120. The Labute approximate surface area is 173 Å². The molecule has 1 aromatic heterocycles. The van der Waals surface area contributed by atoms with E-state index in [2.05, 4.69) is 5.32 Å². The van der Waals surface area contributed by atoms with Crippen molar-refractivity contribution in [3.8, 4) is 16.9 Å². The fourth-order valence-corrected chi connectivity index (χ4v) is 3.10. The van der Waals surface area contributed by atoms with Gasteiger partial charge in [0, 0.05) is 17.5 Å². The van der Waals surface area contributed by atoms with Crippen LogP contribution in [0, 0.1) is 5.92 Å². The van der Waals surface area contributed by atoms with Gasteiger partial charge in [0.1, 0.15) is 11.3 Å². The minimum Gasteiger partial charge on any atom is -0.548 e. The lowest BCUT2D eigenvalue weighted by molar-refractivity contribution is -0.309. The highest BCUT2D eigenvalue weighted by atomic mass is 16.5. The van der Waals surface area contributed by atoms with Crippen molar-refractivity contribution in [2.45, 2.75) is 32.9 Å². The van der Waals surface area contributed by atoms with Gasteiger partial charge in [-0.25, -0.2) is 4.79 Å². The summed E-state index contributed by atoms with van der Waals surface area (Å²) in [5.41, 5.74) is 1.42. The number of benzene rings is 2. The molecule has 0 unspecified atom stereocenters. The predicted octanol–water partition coefficient (Wildman–Crippen LogP) is 2.12. The molecule has 3 aromatic rings. The summed E-state index contributed by atoms with van der Waals surface area (Å²) in [6.07, 6.45) is -0.966. The highest BCUT2D eigenvalue weighted by Gasteiger charge is 2.22. The molecule has 1 amide bonds. The van der Waals surface area contributed by atoms with Gasteiger partial charge >= 0.3 is 5.63 Å². The third-order valence-corrected chi connectivity index (χ3v) is 4.70. The maximum absolute atomic E-state index is 12.3. The van der Waals surface area contributed by atoms with Gasteiger partial charge in [0.05, 0.1) is 12.0 Å². The van der Waals surface area contributed by atoms with E-state index >= 15 is 0 Å². The van der Waals surface area contributed by atoms with Crippen molar-refractivity contribution >= 4 is 22.8 Å². The molecule has 0 bridgehead atoms. The molecule has 0 aliphatic carbocycles. The summed E-state index contributed by atoms with van der Waals surface area (Å²) in [6.45, 7) is 4.84. The summed E-state index contributed by atoms with van der Waals surface area (Å²) in [4.78, 5) is 35.5. The number of rotatable bonds is 7. The zero-order valence-corrected chi connectivity index (χ0v) is 16.9. The van der Waals surface area contributed by atoms with E-state index in [-0.39, 0.29) is 5.92 Å². The zero-order valence-electron chi connectivity index (χ0n) is 16.9. The number of hydrogen-bond donors (Lipinski definition) is 1. The molecule has 0 saturated heterocycles. The van der Waals surface area contributed by atoms with Gasteiger partial charge in [-0.3, -0.25) is 4.79 Å². The van der Waals surface area contributed by atoms with E-state index in [1.807, 2.05) is 30.3 Å². The average molecular weight is 408 g/mol. The molecule has 3 rings (SSSR count). The maximum Gasteiger partial charge on any atom is 0.336 e. The third-order valence-electron chi connectivity index (χ3n) is 4.70. The summed E-state index contributed by atoms with van der Waals surface area (Å²) < 4.78 is 11.0. The van der Waals surface area contributed by atoms with Crippen LogP contribution in [0.2, 0.25) is 0 Å². The lowest BCUT2D eigenvalue weighted by Gasteiger charge is -2.25. The molecule has 0 fully saturated rings. The molecular formula is C23H22NO6-. The van der Waals surface area contributed by atoms with Gasteiger partial charge < -0.3 is 24.4 Å². The van der Waals surface area contributed by atoms with Crippen molar-refractivity contribution in [3.63, 3.8) is 0 Å². The van der Waals surface area contributed by atoms with Crippen LogP contribution in [0.25, 0.3) is 22.1 Å². The van der Waals surface area contributed by atoms with Gasteiger partial charge in [-0.15, -0.1) is 0 Å². The lowest BCUT2D eigenvalue weighted by Crippen LogP contribution is -2.53. The van der Waals surface area contributed by atoms with Crippen molar-refractivity contribution in [2.24, 2.45) is 5.92 Å². The molecule has 2 atom stereocenters. The molecule has 0 spiro atoms. The molecule has 7 heteroatoms. The second kappa shape index (κ2) is 8.82. The smallest absolute Gasteiger partial charge is 0.336 e. The summed E-state index contributed by atoms with van der Waals surface area (Å²) >= 11 is 0. The van der Waals surface area contributed by atoms with E-state index in [0.717, 1.165) is 16.5 Å². The van der Waals surface area contributed by atoms with E-state index in [0.29, 0.717) is 11.3 Å². The first-order valence-corrected chi connectivity index (χ1v) is 9.57. The second-order valence-corrected chi connectivity index (χ2v) is 7.31. The first-order valence-electron chi connectivity index (χ1n) is 9.57. The average Bonchev–Trinajstić information content (AvgIpc) is 2.71. The Morgan fingerprint density at radius 2 is 1.73 bits per heavy atom. The maximum atomic E-state index is 12.3. The number of amides is 1. The van der Waals surface area contributed by atoms with Crippen LogP contribution < -0.4 is 20.8 Å². The van der Waals surface area contributed by atoms with Crippen LogP contribution in [0.15, 0.2) is 63.8 Å². The van der Waals surface area contributed by atoms with E-state index in [1.165, 1.54) is 19.1 Å². The van der Waals surface area contributed by atoms with Gasteiger partial charge in [-0.05, 0) is 36.1 Å². The molecule has 2 aromatic carbocycles. The number of nitrogens with one attached hydrogen (secondary N) is 1. The summed E-state index contributed by atoms with van der Waals surface area (Å²) in [5, 5.41) is 14.3. The molecule has 0 aliphatic rings. The van der Waals surface area contributed by atoms with Crippen LogP contribution in [0.5, 0.6) is 5.75 Å². The minimum atomic E-state index is -1.36. The van der Waals surface area contributed by atoms with Crippen molar-refractivity contribution in [2.75, 3.05) is 0 Å². The third kappa shape index (κ3) is 4.68. The SMILES string of the molecule is CC(C)[C@H](NC(=O)[C@H](C)Oc1ccc2c(-c3ccccc3)cc(=O)oc2c1)C(=O)[O-]. The molecule has 0 radical (unpaired) electrons. The van der Waals surface area contributed by atoms with Gasteiger partial charge in [0.25, 0.3) is 5.91 Å². The number of aliphatic carboxylic acids is 1. The highest BCUT2D eigenvalue weighted by molar-refractivity contribution is 5.94. The van der Waals surface area contributed by atoms with Crippen LogP contribution in [-0.2, 0) is 9.59 Å². The Morgan fingerprint density at radius 1 is 1.03 bits per heavy atom. The predicted molar refractivity (Wildman–Crippen MR) is 110 cm³/mol. The van der Waals surface area contributed by atoms with E-state index in [4.69, 9.17) is 9.15 Å². The van der Waals surface area contributed by atoms with Crippen LogP contribution in [0.4, 0.5) is 0 Å². The molecule has 7 nitrogen and oxygen atoms in total. The molecule has 1 N–H and O–H groups in total. The van der Waals surface area contributed by atoms with Crippen molar-refractivity contribution in [1.29, 1.82) is 0 Å². The van der Waals surface area contributed by atoms with Crippen LogP contribution in [-0.4, -0.2) is 24.0 Å². The van der Waals surface area contributed by atoms with Gasteiger partial charge in [0.2, 0.25) is 0 Å². The molecule has 1 heterocycles. The minimum absolute atomic E-state index is 0.313. The van der Waals surface area contributed by atoms with Crippen molar-refractivity contribution in [3.05, 3.63) is 65.0 Å². The van der Waals surface area contributed by atoms with Gasteiger partial charge in [-0.2, -0.15) is 0 Å².